The molecular weight excluding hydrogens is 252 g/mol. The molecule has 0 bridgehead atoms. The van der Waals surface area contributed by atoms with Crippen molar-refractivity contribution in [3.8, 4) is 0 Å². The van der Waals surface area contributed by atoms with Crippen LogP contribution in [0.1, 0.15) is 60.3 Å². The van der Waals surface area contributed by atoms with Crippen LogP contribution in [-0.4, -0.2) is 35.3 Å². The molecule has 0 aromatic heterocycles. The van der Waals surface area contributed by atoms with E-state index in [9.17, 15) is 9.59 Å². The van der Waals surface area contributed by atoms with Crippen molar-refractivity contribution in [2.45, 2.75) is 72.4 Å². The zero-order valence-corrected chi connectivity index (χ0v) is 13.6. The van der Waals surface area contributed by atoms with E-state index in [0.717, 1.165) is 25.7 Å². The normalized spacial score (nSPS) is 26.4. The van der Waals surface area contributed by atoms with Gasteiger partial charge in [-0.2, -0.15) is 0 Å². The van der Waals surface area contributed by atoms with E-state index in [0.29, 0.717) is 6.54 Å². The molecule has 4 heteroatoms. The van der Waals surface area contributed by atoms with Crippen molar-refractivity contribution in [3.05, 3.63) is 0 Å². The SMILES string of the molecule is CCCCN1C(=O)C(C(C)CC)NC(=O)C1C(C)CC. The first-order valence-corrected chi connectivity index (χ1v) is 8.08. The quantitative estimate of drug-likeness (QED) is 0.780. The smallest absolute Gasteiger partial charge is 0.246 e. The summed E-state index contributed by atoms with van der Waals surface area (Å²) in [5.41, 5.74) is 0. The highest BCUT2D eigenvalue weighted by molar-refractivity contribution is 5.97. The maximum absolute atomic E-state index is 12.7. The van der Waals surface area contributed by atoms with Gasteiger partial charge in [-0.25, -0.2) is 0 Å². The summed E-state index contributed by atoms with van der Waals surface area (Å²) < 4.78 is 0. The summed E-state index contributed by atoms with van der Waals surface area (Å²) in [6.45, 7) is 11.0. The van der Waals surface area contributed by atoms with E-state index in [2.05, 4.69) is 33.0 Å². The van der Waals surface area contributed by atoms with Crippen molar-refractivity contribution in [2.24, 2.45) is 11.8 Å². The number of carbonyl (C=O) groups is 2. The van der Waals surface area contributed by atoms with Crippen molar-refractivity contribution in [2.75, 3.05) is 6.54 Å². The number of unbranched alkanes of at least 4 members (excludes halogenated alkanes) is 1. The molecule has 0 aliphatic carbocycles. The number of amides is 2. The molecular formula is C16H30N2O2. The van der Waals surface area contributed by atoms with Crippen LogP contribution in [0.4, 0.5) is 0 Å². The Bertz CT molecular complexity index is 343. The van der Waals surface area contributed by atoms with E-state index >= 15 is 0 Å². The Morgan fingerprint density at radius 2 is 1.70 bits per heavy atom. The summed E-state index contributed by atoms with van der Waals surface area (Å²) in [6.07, 6.45) is 3.79. The number of carbonyl (C=O) groups excluding carboxylic acids is 2. The van der Waals surface area contributed by atoms with E-state index in [1.807, 2.05) is 11.8 Å². The molecule has 4 nitrogen and oxygen atoms in total. The first kappa shape index (κ1) is 17.0. The van der Waals surface area contributed by atoms with Gasteiger partial charge in [0.15, 0.2) is 0 Å². The standard InChI is InChI=1S/C16H30N2O2/c1-6-9-10-18-14(12(5)8-3)15(19)17-13(16(18)20)11(4)7-2/h11-14H,6-10H2,1-5H3,(H,17,19). The summed E-state index contributed by atoms with van der Waals surface area (Å²) in [5, 5.41) is 2.96. The average molecular weight is 282 g/mol. The number of piperazine rings is 1. The number of hydrogen-bond acceptors (Lipinski definition) is 2. The molecule has 20 heavy (non-hydrogen) atoms. The van der Waals surface area contributed by atoms with Crippen LogP contribution in [0, 0.1) is 11.8 Å². The van der Waals surface area contributed by atoms with Crippen molar-refractivity contribution < 1.29 is 9.59 Å². The largest absolute Gasteiger partial charge is 0.342 e. The molecule has 0 aromatic rings. The van der Waals surface area contributed by atoms with E-state index in [-0.39, 0.29) is 35.7 Å². The Balaban J connectivity index is 2.97. The summed E-state index contributed by atoms with van der Waals surface area (Å²) in [7, 11) is 0. The fourth-order valence-corrected chi connectivity index (χ4v) is 2.75. The maximum Gasteiger partial charge on any atom is 0.246 e. The van der Waals surface area contributed by atoms with Gasteiger partial charge in [0.2, 0.25) is 11.8 Å². The van der Waals surface area contributed by atoms with Gasteiger partial charge in [0, 0.05) is 6.54 Å². The molecule has 2 amide bonds. The van der Waals surface area contributed by atoms with Crippen LogP contribution in [0.5, 0.6) is 0 Å². The third-order valence-corrected chi connectivity index (χ3v) is 4.60. The van der Waals surface area contributed by atoms with Crippen molar-refractivity contribution in [1.29, 1.82) is 0 Å². The zero-order valence-electron chi connectivity index (χ0n) is 13.6. The van der Waals surface area contributed by atoms with Crippen LogP contribution < -0.4 is 5.32 Å². The fourth-order valence-electron chi connectivity index (χ4n) is 2.75. The Kier molecular flexibility index (Phi) is 6.50. The van der Waals surface area contributed by atoms with Gasteiger partial charge >= 0.3 is 0 Å². The van der Waals surface area contributed by atoms with Crippen LogP contribution in [0.15, 0.2) is 0 Å². The Hall–Kier alpha value is -1.06. The molecule has 0 saturated carbocycles. The lowest BCUT2D eigenvalue weighted by atomic mass is 9.89. The maximum atomic E-state index is 12.7. The van der Waals surface area contributed by atoms with E-state index in [1.165, 1.54) is 0 Å². The van der Waals surface area contributed by atoms with Gasteiger partial charge in [-0.15, -0.1) is 0 Å². The second-order valence-corrected chi connectivity index (χ2v) is 6.09. The highest BCUT2D eigenvalue weighted by Crippen LogP contribution is 2.24. The molecule has 4 atom stereocenters. The Morgan fingerprint density at radius 1 is 1.10 bits per heavy atom. The molecule has 1 N–H and O–H groups in total. The minimum absolute atomic E-state index is 0.0281. The van der Waals surface area contributed by atoms with Gasteiger partial charge in [0.05, 0.1) is 0 Å². The number of nitrogens with zero attached hydrogens (tertiary/aromatic N) is 1. The third-order valence-electron chi connectivity index (χ3n) is 4.60. The van der Waals surface area contributed by atoms with Crippen LogP contribution in [-0.2, 0) is 9.59 Å². The van der Waals surface area contributed by atoms with Gasteiger partial charge in [-0.1, -0.05) is 53.9 Å². The monoisotopic (exact) mass is 282 g/mol. The molecule has 0 spiro atoms. The molecule has 1 heterocycles. The van der Waals surface area contributed by atoms with Crippen LogP contribution in [0.25, 0.3) is 0 Å². The molecule has 1 rings (SSSR count). The Morgan fingerprint density at radius 3 is 2.20 bits per heavy atom. The molecule has 0 aromatic carbocycles. The van der Waals surface area contributed by atoms with Crippen molar-refractivity contribution in [1.82, 2.24) is 10.2 Å². The lowest BCUT2D eigenvalue weighted by Gasteiger charge is -2.43. The van der Waals surface area contributed by atoms with E-state index in [1.54, 1.807) is 0 Å². The lowest BCUT2D eigenvalue weighted by molar-refractivity contribution is -0.153. The summed E-state index contributed by atoms with van der Waals surface area (Å²) in [6, 6.07) is -0.635. The number of nitrogens with one attached hydrogen (secondary N) is 1. The van der Waals surface area contributed by atoms with Gasteiger partial charge in [-0.3, -0.25) is 9.59 Å². The van der Waals surface area contributed by atoms with Crippen molar-refractivity contribution >= 4 is 11.8 Å². The first-order chi connectivity index (χ1) is 9.47. The Labute approximate surface area is 123 Å². The van der Waals surface area contributed by atoms with E-state index in [4.69, 9.17) is 0 Å². The van der Waals surface area contributed by atoms with Crippen LogP contribution in [0.3, 0.4) is 0 Å². The van der Waals surface area contributed by atoms with Crippen molar-refractivity contribution in [3.63, 3.8) is 0 Å². The number of rotatable bonds is 7. The van der Waals surface area contributed by atoms with Crippen LogP contribution >= 0.6 is 0 Å². The predicted octanol–water partition coefficient (Wildman–Crippen LogP) is 2.57. The highest BCUT2D eigenvalue weighted by atomic mass is 16.2. The predicted molar refractivity (Wildman–Crippen MR) is 81.2 cm³/mol. The lowest BCUT2D eigenvalue weighted by Crippen LogP contribution is -2.66. The minimum atomic E-state index is -0.343. The second-order valence-electron chi connectivity index (χ2n) is 6.09. The van der Waals surface area contributed by atoms with Crippen LogP contribution in [0.2, 0.25) is 0 Å². The third kappa shape index (κ3) is 3.53. The molecule has 1 aliphatic heterocycles. The summed E-state index contributed by atoms with van der Waals surface area (Å²) >= 11 is 0. The van der Waals surface area contributed by atoms with E-state index < -0.39 is 0 Å². The molecule has 0 radical (unpaired) electrons. The van der Waals surface area contributed by atoms with Gasteiger partial charge in [-0.05, 0) is 18.3 Å². The number of hydrogen-bond donors (Lipinski definition) is 1. The molecule has 1 aliphatic rings. The summed E-state index contributed by atoms with van der Waals surface area (Å²) in [4.78, 5) is 27.0. The molecule has 1 fully saturated rings. The minimum Gasteiger partial charge on any atom is -0.342 e. The van der Waals surface area contributed by atoms with Gasteiger partial charge in [0.1, 0.15) is 12.1 Å². The molecule has 116 valence electrons. The second kappa shape index (κ2) is 7.65. The zero-order chi connectivity index (χ0) is 15.3. The molecule has 1 saturated heterocycles. The van der Waals surface area contributed by atoms with Gasteiger partial charge in [0.25, 0.3) is 0 Å². The highest BCUT2D eigenvalue weighted by Gasteiger charge is 2.43. The van der Waals surface area contributed by atoms with Gasteiger partial charge < -0.3 is 10.2 Å². The fraction of sp³-hybridized carbons (Fsp3) is 0.875. The average Bonchev–Trinajstić information content (AvgIpc) is 2.45. The summed E-state index contributed by atoms with van der Waals surface area (Å²) in [5.74, 6) is 0.528. The molecule has 4 unspecified atom stereocenters. The first-order valence-electron chi connectivity index (χ1n) is 8.08. The topological polar surface area (TPSA) is 49.4 Å².